The summed E-state index contributed by atoms with van der Waals surface area (Å²) in [4.78, 5) is 0. The standard InChI is InChI=1S/C19H32/c1-11(2)16-10-15(9)17(12(3)4)19(14(7)8)18(16)13(5)6/h10-14H,1-9H3. The summed E-state index contributed by atoms with van der Waals surface area (Å²) in [6.07, 6.45) is 0. The van der Waals surface area contributed by atoms with Crippen LogP contribution in [0.5, 0.6) is 0 Å². The summed E-state index contributed by atoms with van der Waals surface area (Å²) in [6.45, 7) is 20.9. The van der Waals surface area contributed by atoms with Gasteiger partial charge in [-0.3, -0.25) is 0 Å². The van der Waals surface area contributed by atoms with Crippen molar-refractivity contribution in [2.24, 2.45) is 0 Å². The van der Waals surface area contributed by atoms with E-state index in [1.54, 1.807) is 22.3 Å². The predicted octanol–water partition coefficient (Wildman–Crippen LogP) is 6.49. The Morgan fingerprint density at radius 3 is 1.32 bits per heavy atom. The number of benzene rings is 1. The van der Waals surface area contributed by atoms with Gasteiger partial charge < -0.3 is 0 Å². The molecule has 0 atom stereocenters. The molecule has 0 aliphatic carbocycles. The van der Waals surface area contributed by atoms with E-state index >= 15 is 0 Å². The summed E-state index contributed by atoms with van der Waals surface area (Å²) in [6, 6.07) is 2.45. The molecule has 1 rings (SSSR count). The van der Waals surface area contributed by atoms with Gasteiger partial charge in [-0.15, -0.1) is 0 Å². The monoisotopic (exact) mass is 260 g/mol. The second-order valence-electron chi connectivity index (χ2n) is 7.14. The lowest BCUT2D eigenvalue weighted by molar-refractivity contribution is 0.716. The zero-order chi connectivity index (χ0) is 14.9. The van der Waals surface area contributed by atoms with Crippen LogP contribution in [0.25, 0.3) is 0 Å². The minimum atomic E-state index is 0.604. The lowest BCUT2D eigenvalue weighted by Gasteiger charge is -2.29. The summed E-state index contributed by atoms with van der Waals surface area (Å²) < 4.78 is 0. The average molecular weight is 260 g/mol. The van der Waals surface area contributed by atoms with E-state index in [-0.39, 0.29) is 0 Å². The molecule has 0 unspecified atom stereocenters. The van der Waals surface area contributed by atoms with Crippen LogP contribution in [0.15, 0.2) is 6.07 Å². The molecule has 0 amide bonds. The first-order valence-corrected chi connectivity index (χ1v) is 7.85. The van der Waals surface area contributed by atoms with Crippen LogP contribution in [-0.4, -0.2) is 0 Å². The molecule has 0 aliphatic heterocycles. The fourth-order valence-electron chi connectivity index (χ4n) is 3.41. The van der Waals surface area contributed by atoms with Crippen LogP contribution < -0.4 is 0 Å². The van der Waals surface area contributed by atoms with Gasteiger partial charge in [-0.1, -0.05) is 61.5 Å². The highest BCUT2D eigenvalue weighted by Crippen LogP contribution is 2.39. The first-order chi connectivity index (χ1) is 8.68. The molecule has 0 nitrogen and oxygen atoms in total. The Bertz CT molecular complexity index is 434. The maximum absolute atomic E-state index is 2.45. The van der Waals surface area contributed by atoms with E-state index in [9.17, 15) is 0 Å². The molecule has 108 valence electrons. The molecule has 0 heterocycles. The van der Waals surface area contributed by atoms with E-state index in [1.165, 1.54) is 5.56 Å². The van der Waals surface area contributed by atoms with E-state index in [2.05, 4.69) is 68.4 Å². The lowest BCUT2D eigenvalue weighted by atomic mass is 9.76. The molecule has 19 heavy (non-hydrogen) atoms. The van der Waals surface area contributed by atoms with Crippen molar-refractivity contribution in [1.29, 1.82) is 0 Å². The topological polar surface area (TPSA) is 0 Å². The van der Waals surface area contributed by atoms with Gasteiger partial charge in [0.05, 0.1) is 0 Å². The molecule has 0 spiro atoms. The van der Waals surface area contributed by atoms with Crippen LogP contribution in [0, 0.1) is 6.92 Å². The molecule has 0 saturated heterocycles. The van der Waals surface area contributed by atoms with Gasteiger partial charge in [0.2, 0.25) is 0 Å². The van der Waals surface area contributed by atoms with Gasteiger partial charge >= 0.3 is 0 Å². The van der Waals surface area contributed by atoms with Crippen molar-refractivity contribution in [2.75, 3.05) is 0 Å². The number of hydrogen-bond donors (Lipinski definition) is 0. The second kappa shape index (κ2) is 6.11. The molecule has 0 bridgehead atoms. The largest absolute Gasteiger partial charge is 0.0587 e. The van der Waals surface area contributed by atoms with Crippen LogP contribution in [0.1, 0.15) is 107 Å². The Morgan fingerprint density at radius 2 is 1.00 bits per heavy atom. The summed E-state index contributed by atoms with van der Waals surface area (Å²) >= 11 is 0. The SMILES string of the molecule is Cc1cc(C(C)C)c(C(C)C)c(C(C)C)c1C(C)C. The summed E-state index contributed by atoms with van der Waals surface area (Å²) in [5.74, 6) is 2.42. The Labute approximate surface area is 120 Å². The molecule has 0 N–H and O–H groups in total. The van der Waals surface area contributed by atoms with Gasteiger partial charge in [0.25, 0.3) is 0 Å². The molecular formula is C19H32. The van der Waals surface area contributed by atoms with Crippen LogP contribution in [0.2, 0.25) is 0 Å². The fraction of sp³-hybridized carbons (Fsp3) is 0.684. The summed E-state index contributed by atoms with van der Waals surface area (Å²) in [7, 11) is 0. The molecule has 0 radical (unpaired) electrons. The highest BCUT2D eigenvalue weighted by molar-refractivity contribution is 5.51. The van der Waals surface area contributed by atoms with E-state index in [0.29, 0.717) is 23.7 Å². The quantitative estimate of drug-likeness (QED) is 0.580. The van der Waals surface area contributed by atoms with E-state index in [1.807, 2.05) is 0 Å². The van der Waals surface area contributed by atoms with Crippen molar-refractivity contribution in [3.8, 4) is 0 Å². The lowest BCUT2D eigenvalue weighted by Crippen LogP contribution is -2.12. The van der Waals surface area contributed by atoms with Gasteiger partial charge in [0, 0.05) is 0 Å². The van der Waals surface area contributed by atoms with Gasteiger partial charge in [-0.05, 0) is 58.4 Å². The molecular weight excluding hydrogens is 228 g/mol. The molecule has 0 fully saturated rings. The Hall–Kier alpha value is -0.780. The first kappa shape index (κ1) is 16.3. The minimum Gasteiger partial charge on any atom is -0.0587 e. The van der Waals surface area contributed by atoms with Crippen LogP contribution in [0.3, 0.4) is 0 Å². The first-order valence-electron chi connectivity index (χ1n) is 7.85. The number of aryl methyl sites for hydroxylation is 1. The Morgan fingerprint density at radius 1 is 0.579 bits per heavy atom. The molecule has 0 saturated carbocycles. The van der Waals surface area contributed by atoms with Crippen LogP contribution in [0.4, 0.5) is 0 Å². The van der Waals surface area contributed by atoms with Crippen molar-refractivity contribution >= 4 is 0 Å². The Balaban J connectivity index is 3.76. The normalized spacial score (nSPS) is 12.3. The highest BCUT2D eigenvalue weighted by atomic mass is 14.3. The molecule has 0 heteroatoms. The zero-order valence-electron chi connectivity index (χ0n) is 14.4. The maximum atomic E-state index is 2.45. The van der Waals surface area contributed by atoms with Crippen molar-refractivity contribution in [2.45, 2.75) is 86.0 Å². The van der Waals surface area contributed by atoms with Crippen molar-refractivity contribution in [3.05, 3.63) is 33.9 Å². The smallest absolute Gasteiger partial charge is 0.0213 e. The summed E-state index contributed by atoms with van der Waals surface area (Å²) in [5.41, 5.74) is 7.85. The van der Waals surface area contributed by atoms with Gasteiger partial charge in [-0.2, -0.15) is 0 Å². The van der Waals surface area contributed by atoms with E-state index < -0.39 is 0 Å². The molecule has 1 aromatic carbocycles. The third kappa shape index (κ3) is 3.22. The highest BCUT2D eigenvalue weighted by Gasteiger charge is 2.22. The third-order valence-corrected chi connectivity index (χ3v) is 4.04. The van der Waals surface area contributed by atoms with Gasteiger partial charge in [0.15, 0.2) is 0 Å². The van der Waals surface area contributed by atoms with Crippen LogP contribution in [-0.2, 0) is 0 Å². The predicted molar refractivity (Wildman–Crippen MR) is 87.5 cm³/mol. The van der Waals surface area contributed by atoms with Gasteiger partial charge in [0.1, 0.15) is 0 Å². The number of hydrogen-bond acceptors (Lipinski definition) is 0. The van der Waals surface area contributed by atoms with E-state index in [0.717, 1.165) is 0 Å². The van der Waals surface area contributed by atoms with Crippen molar-refractivity contribution < 1.29 is 0 Å². The zero-order valence-corrected chi connectivity index (χ0v) is 14.4. The molecule has 0 aliphatic rings. The van der Waals surface area contributed by atoms with Crippen molar-refractivity contribution in [3.63, 3.8) is 0 Å². The molecule has 0 aromatic heterocycles. The van der Waals surface area contributed by atoms with Crippen molar-refractivity contribution in [1.82, 2.24) is 0 Å². The minimum absolute atomic E-state index is 0.604. The third-order valence-electron chi connectivity index (χ3n) is 4.04. The fourth-order valence-corrected chi connectivity index (χ4v) is 3.41. The van der Waals surface area contributed by atoms with Crippen LogP contribution >= 0.6 is 0 Å². The average Bonchev–Trinajstić information content (AvgIpc) is 2.25. The van der Waals surface area contributed by atoms with Gasteiger partial charge in [-0.25, -0.2) is 0 Å². The van der Waals surface area contributed by atoms with E-state index in [4.69, 9.17) is 0 Å². The molecule has 1 aromatic rings. The maximum Gasteiger partial charge on any atom is -0.0213 e. The second-order valence-corrected chi connectivity index (χ2v) is 7.14. The Kier molecular flexibility index (Phi) is 5.24. The number of rotatable bonds is 4. The summed E-state index contributed by atoms with van der Waals surface area (Å²) in [5, 5.41) is 0.